The number of hydrogen-bond acceptors (Lipinski definition) is 3. The molecule has 0 N–H and O–H groups in total. The molecule has 0 aliphatic rings. The first-order valence-corrected chi connectivity index (χ1v) is 11.2. The minimum atomic E-state index is -0.667. The maximum absolute atomic E-state index is 8.22. The van der Waals surface area contributed by atoms with E-state index in [1.54, 1.807) is 12.4 Å². The number of pyridine rings is 2. The fourth-order valence-corrected chi connectivity index (χ4v) is 3.83. The summed E-state index contributed by atoms with van der Waals surface area (Å²) in [4.78, 5) is 8.69. The van der Waals surface area contributed by atoms with Crippen LogP contribution in [-0.4, -0.2) is 9.97 Å². The molecule has 0 amide bonds. The van der Waals surface area contributed by atoms with Crippen LogP contribution in [0.3, 0.4) is 0 Å². The molecule has 175 valence electrons. The van der Waals surface area contributed by atoms with Gasteiger partial charge in [-0.1, -0.05) is 66.8 Å². The molecule has 3 aromatic heterocycles. The molecule has 6 rings (SSSR count). The zero-order valence-corrected chi connectivity index (χ0v) is 21.8. The summed E-state index contributed by atoms with van der Waals surface area (Å²) in [6.45, 7) is 3.75. The van der Waals surface area contributed by atoms with Crippen LogP contribution in [0.2, 0.25) is 0 Å². The van der Waals surface area contributed by atoms with E-state index >= 15 is 0 Å². The van der Waals surface area contributed by atoms with E-state index in [9.17, 15) is 0 Å². The third kappa shape index (κ3) is 5.40. The predicted octanol–water partition coefficient (Wildman–Crippen LogP) is 8.12. The van der Waals surface area contributed by atoms with E-state index < -0.39 is 5.89 Å². The number of rotatable bonds is 3. The van der Waals surface area contributed by atoms with Crippen molar-refractivity contribution in [1.29, 1.82) is 0 Å². The van der Waals surface area contributed by atoms with Crippen molar-refractivity contribution in [1.82, 2.24) is 9.97 Å². The van der Waals surface area contributed by atoms with E-state index in [2.05, 4.69) is 28.2 Å². The molecular weight excluding hydrogens is 609 g/mol. The molecular formula is C31H24IrN2O-2. The van der Waals surface area contributed by atoms with E-state index in [1.165, 1.54) is 0 Å². The van der Waals surface area contributed by atoms with Gasteiger partial charge in [-0.3, -0.25) is 0 Å². The van der Waals surface area contributed by atoms with E-state index in [0.717, 1.165) is 50.0 Å². The Bertz CT molecular complexity index is 1540. The Kier molecular flexibility index (Phi) is 7.43. The Morgan fingerprint density at radius 2 is 1.57 bits per heavy atom. The third-order valence-corrected chi connectivity index (χ3v) is 5.58. The minimum Gasteiger partial charge on any atom is -0.501 e. The number of benzene rings is 3. The van der Waals surface area contributed by atoms with Crippen LogP contribution in [0.5, 0.6) is 0 Å². The smallest absolute Gasteiger partial charge is 0.120 e. The summed E-state index contributed by atoms with van der Waals surface area (Å²) >= 11 is 0. The van der Waals surface area contributed by atoms with E-state index in [0.29, 0.717) is 0 Å². The van der Waals surface area contributed by atoms with Gasteiger partial charge in [0.25, 0.3) is 0 Å². The monoisotopic (exact) mass is 634 g/mol. The van der Waals surface area contributed by atoms with Crippen LogP contribution in [0, 0.1) is 12.1 Å². The molecule has 1 radical (unpaired) electrons. The van der Waals surface area contributed by atoms with Crippen molar-refractivity contribution in [3.05, 3.63) is 121 Å². The molecule has 0 atom stereocenters. The second-order valence-electron chi connectivity index (χ2n) is 8.11. The molecule has 3 aromatic carbocycles. The molecule has 0 fully saturated rings. The van der Waals surface area contributed by atoms with Crippen LogP contribution in [-0.2, 0) is 20.1 Å². The quantitative estimate of drug-likeness (QED) is 0.185. The van der Waals surface area contributed by atoms with Crippen LogP contribution in [0.15, 0.2) is 108 Å². The van der Waals surface area contributed by atoms with Gasteiger partial charge in [-0.15, -0.1) is 54.1 Å². The van der Waals surface area contributed by atoms with Crippen molar-refractivity contribution in [2.75, 3.05) is 0 Å². The van der Waals surface area contributed by atoms with Gasteiger partial charge in [0, 0.05) is 39.3 Å². The summed E-state index contributed by atoms with van der Waals surface area (Å²) in [7, 11) is 0. The van der Waals surface area contributed by atoms with Gasteiger partial charge in [-0.25, -0.2) is 0 Å². The van der Waals surface area contributed by atoms with E-state index in [-0.39, 0.29) is 20.1 Å². The van der Waals surface area contributed by atoms with Crippen LogP contribution in [0.1, 0.15) is 26.7 Å². The van der Waals surface area contributed by atoms with E-state index in [1.807, 2.05) is 98.8 Å². The Morgan fingerprint density at radius 3 is 2.34 bits per heavy atom. The number of para-hydroxylation sites is 1. The standard InChI is InChI=1S/C20H16NO.C11H8N.Ir/c1-13(2)14-10-11-21-18(12-14)17-8-5-7-16-15-6-3-4-9-19(15)22-20(16)17;1-2-6-10(7-3-1)11-8-4-5-9-12-11;/h3-7,9-13H,1-2H3;1-6,8-9H;/q2*-1;/i13D;;. The Hall–Kier alpha value is -3.59. The first kappa shape index (κ1) is 23.2. The van der Waals surface area contributed by atoms with Gasteiger partial charge < -0.3 is 14.4 Å². The van der Waals surface area contributed by atoms with Crippen LogP contribution in [0.25, 0.3) is 44.5 Å². The summed E-state index contributed by atoms with van der Waals surface area (Å²) < 4.78 is 14.3. The normalized spacial score (nSPS) is 11.3. The van der Waals surface area contributed by atoms with Gasteiger partial charge in [-0.05, 0) is 35.5 Å². The number of furan rings is 1. The first-order valence-electron chi connectivity index (χ1n) is 11.7. The van der Waals surface area contributed by atoms with Crippen LogP contribution >= 0.6 is 0 Å². The third-order valence-electron chi connectivity index (χ3n) is 5.58. The fourth-order valence-electron chi connectivity index (χ4n) is 3.83. The second-order valence-corrected chi connectivity index (χ2v) is 8.11. The predicted molar refractivity (Wildman–Crippen MR) is 138 cm³/mol. The van der Waals surface area contributed by atoms with Crippen molar-refractivity contribution in [3.63, 3.8) is 0 Å². The topological polar surface area (TPSA) is 38.9 Å². The van der Waals surface area contributed by atoms with Crippen LogP contribution < -0.4 is 0 Å². The summed E-state index contributed by atoms with van der Waals surface area (Å²) in [6.07, 6.45) is 3.53. The molecule has 35 heavy (non-hydrogen) atoms. The largest absolute Gasteiger partial charge is 0.501 e. The minimum absolute atomic E-state index is 0. The maximum atomic E-state index is 8.22. The summed E-state index contributed by atoms with van der Waals surface area (Å²) in [6, 6.07) is 35.8. The zero-order chi connectivity index (χ0) is 24.3. The average molecular weight is 634 g/mol. The molecule has 0 saturated carbocycles. The van der Waals surface area contributed by atoms with Crippen molar-refractivity contribution in [2.45, 2.75) is 19.7 Å². The van der Waals surface area contributed by atoms with Gasteiger partial charge in [0.2, 0.25) is 0 Å². The summed E-state index contributed by atoms with van der Waals surface area (Å²) in [5.74, 6) is -0.667. The molecule has 0 bridgehead atoms. The zero-order valence-electron chi connectivity index (χ0n) is 20.5. The fraction of sp³-hybridized carbons (Fsp3) is 0.0968. The van der Waals surface area contributed by atoms with Gasteiger partial charge in [-0.2, -0.15) is 0 Å². The molecule has 0 aliphatic heterocycles. The molecule has 0 spiro atoms. The van der Waals surface area contributed by atoms with Crippen molar-refractivity contribution in [3.8, 4) is 22.5 Å². The molecule has 0 unspecified atom stereocenters. The van der Waals surface area contributed by atoms with Crippen molar-refractivity contribution < 1.29 is 25.9 Å². The first-order chi connectivity index (χ1) is 17.0. The van der Waals surface area contributed by atoms with Crippen LogP contribution in [0.4, 0.5) is 0 Å². The average Bonchev–Trinajstić information content (AvgIpc) is 3.29. The summed E-state index contributed by atoms with van der Waals surface area (Å²) in [5.41, 5.74) is 6.21. The second kappa shape index (κ2) is 11.2. The van der Waals surface area contributed by atoms with Gasteiger partial charge >= 0.3 is 0 Å². The molecule has 3 heterocycles. The Balaban J connectivity index is 0.000000198. The molecule has 0 aliphatic carbocycles. The van der Waals surface area contributed by atoms with Gasteiger partial charge in [0.15, 0.2) is 0 Å². The SMILES string of the molecule is [2H]C(C)(C)c1ccnc(-c2[c-]ccc3c2oc2ccccc23)c1.[Ir].[c-]1ccccc1-c1ccccn1. The number of aromatic nitrogens is 2. The van der Waals surface area contributed by atoms with E-state index in [4.69, 9.17) is 5.79 Å². The van der Waals surface area contributed by atoms with Gasteiger partial charge in [0.1, 0.15) is 5.58 Å². The Labute approximate surface area is 220 Å². The molecule has 6 aromatic rings. The Morgan fingerprint density at radius 1 is 0.771 bits per heavy atom. The van der Waals surface area contributed by atoms with Gasteiger partial charge in [0.05, 0.1) is 5.58 Å². The molecule has 4 heteroatoms. The number of nitrogens with zero attached hydrogens (tertiary/aromatic N) is 2. The number of hydrogen-bond donors (Lipinski definition) is 0. The van der Waals surface area contributed by atoms with Crippen molar-refractivity contribution in [2.24, 2.45) is 0 Å². The summed E-state index contributed by atoms with van der Waals surface area (Å²) in [5, 5.41) is 2.15. The molecule has 3 nitrogen and oxygen atoms in total. The molecule has 0 saturated heterocycles. The maximum Gasteiger partial charge on any atom is 0.120 e. The van der Waals surface area contributed by atoms with Crippen molar-refractivity contribution >= 4 is 21.9 Å². The number of fused-ring (bicyclic) bond motifs is 3.